The zero-order valence-corrected chi connectivity index (χ0v) is 25.8. The molecule has 222 valence electrons. The molecule has 9 aromatic rings. The van der Waals surface area contributed by atoms with Gasteiger partial charge in [-0.05, 0) is 70.8 Å². The molecule has 0 saturated carbocycles. The highest BCUT2D eigenvalue weighted by molar-refractivity contribution is 6.11. The fourth-order valence-corrected chi connectivity index (χ4v) is 7.22. The van der Waals surface area contributed by atoms with Crippen LogP contribution in [0.15, 0.2) is 158 Å². The monoisotopic (exact) mass is 610 g/mol. The van der Waals surface area contributed by atoms with Crippen molar-refractivity contribution in [3.8, 4) is 39.7 Å². The molecular formula is C44H26N4. The van der Waals surface area contributed by atoms with Gasteiger partial charge in [0, 0.05) is 27.2 Å². The van der Waals surface area contributed by atoms with Gasteiger partial charge in [-0.15, -0.1) is 0 Å². The van der Waals surface area contributed by atoms with Crippen LogP contribution in [0.5, 0.6) is 0 Å². The molecule has 9 rings (SSSR count). The summed E-state index contributed by atoms with van der Waals surface area (Å²) in [5, 5.41) is 14.1. The molecule has 0 N–H and O–H groups in total. The van der Waals surface area contributed by atoms with E-state index in [0.717, 1.165) is 66.5 Å². The van der Waals surface area contributed by atoms with Crippen LogP contribution in [0.3, 0.4) is 0 Å². The average Bonchev–Trinajstić information content (AvgIpc) is 3.67. The van der Waals surface area contributed by atoms with E-state index in [1.165, 1.54) is 10.8 Å². The van der Waals surface area contributed by atoms with Crippen LogP contribution in [-0.4, -0.2) is 9.13 Å². The molecule has 4 heteroatoms. The first kappa shape index (κ1) is 27.4. The molecule has 0 spiro atoms. The van der Waals surface area contributed by atoms with E-state index in [-0.39, 0.29) is 0 Å². The second-order valence-electron chi connectivity index (χ2n) is 12.0. The maximum atomic E-state index is 9.50. The van der Waals surface area contributed by atoms with Gasteiger partial charge < -0.3 is 9.13 Å². The number of hydrogen-bond donors (Lipinski definition) is 0. The van der Waals surface area contributed by atoms with Gasteiger partial charge in [0.1, 0.15) is 0 Å². The number of rotatable bonds is 4. The lowest BCUT2D eigenvalue weighted by Crippen LogP contribution is -1.97. The zero-order chi connectivity index (χ0) is 32.2. The van der Waals surface area contributed by atoms with Gasteiger partial charge in [0.2, 0.25) is 5.69 Å². The molecule has 0 radical (unpaired) electrons. The summed E-state index contributed by atoms with van der Waals surface area (Å²) in [6, 6.07) is 56.6. The molecule has 48 heavy (non-hydrogen) atoms. The van der Waals surface area contributed by atoms with Gasteiger partial charge in [-0.1, -0.05) is 109 Å². The molecule has 0 aliphatic carbocycles. The number of para-hydroxylation sites is 4. The van der Waals surface area contributed by atoms with Crippen molar-refractivity contribution in [3.05, 3.63) is 175 Å². The Labute approximate surface area is 277 Å². The SMILES string of the molecule is [C-]#[N+]c1cccc(-c2ccc(-c3ccc(-n4c5ccccc5c5cc(C#N)ccc54)cc3)cc2)c1-n1c2ccccc2c2ccccc21. The summed E-state index contributed by atoms with van der Waals surface area (Å²) in [6.45, 7) is 8.08. The third-order valence-corrected chi connectivity index (χ3v) is 9.40. The number of nitrogens with zero attached hydrogens (tertiary/aromatic N) is 4. The van der Waals surface area contributed by atoms with Gasteiger partial charge in [-0.2, -0.15) is 5.26 Å². The molecule has 0 atom stereocenters. The molecule has 0 aliphatic heterocycles. The van der Waals surface area contributed by atoms with E-state index in [2.05, 4.69) is 141 Å². The molecule has 7 aromatic carbocycles. The lowest BCUT2D eigenvalue weighted by atomic mass is 9.98. The highest BCUT2D eigenvalue weighted by Gasteiger charge is 2.19. The maximum Gasteiger partial charge on any atom is 0.211 e. The highest BCUT2D eigenvalue weighted by atomic mass is 15.0. The second-order valence-corrected chi connectivity index (χ2v) is 12.0. The van der Waals surface area contributed by atoms with Crippen LogP contribution < -0.4 is 0 Å². The molecule has 0 amide bonds. The normalized spacial score (nSPS) is 11.3. The van der Waals surface area contributed by atoms with Crippen LogP contribution in [0.25, 0.3) is 82.1 Å². The van der Waals surface area contributed by atoms with Crippen LogP contribution in [-0.2, 0) is 0 Å². The first-order chi connectivity index (χ1) is 23.7. The fraction of sp³-hybridized carbons (Fsp3) is 0. The van der Waals surface area contributed by atoms with Crippen molar-refractivity contribution < 1.29 is 0 Å². The third kappa shape index (κ3) is 4.14. The molecule has 0 saturated heterocycles. The quantitative estimate of drug-likeness (QED) is 0.183. The van der Waals surface area contributed by atoms with Crippen LogP contribution >= 0.6 is 0 Å². The molecule has 4 nitrogen and oxygen atoms in total. The molecule has 2 heterocycles. The Morgan fingerprint density at radius 2 is 1.00 bits per heavy atom. The summed E-state index contributed by atoms with van der Waals surface area (Å²) in [4.78, 5) is 3.98. The number of hydrogen-bond acceptors (Lipinski definition) is 1. The van der Waals surface area contributed by atoms with Crippen molar-refractivity contribution >= 4 is 49.3 Å². The molecule has 0 fully saturated rings. The predicted octanol–water partition coefficient (Wildman–Crippen LogP) is 11.6. The molecule has 2 aromatic heterocycles. The summed E-state index contributed by atoms with van der Waals surface area (Å²) in [6.07, 6.45) is 0. The van der Waals surface area contributed by atoms with E-state index < -0.39 is 0 Å². The Morgan fingerprint density at radius 3 is 1.60 bits per heavy atom. The molecule has 0 aliphatic rings. The summed E-state index contributed by atoms with van der Waals surface area (Å²) < 4.78 is 4.51. The van der Waals surface area contributed by atoms with Gasteiger partial charge in [0.25, 0.3) is 0 Å². The predicted molar refractivity (Wildman–Crippen MR) is 197 cm³/mol. The largest absolute Gasteiger partial charge is 0.318 e. The fourth-order valence-electron chi connectivity index (χ4n) is 7.22. The van der Waals surface area contributed by atoms with Gasteiger partial charge >= 0.3 is 0 Å². The minimum absolute atomic E-state index is 0.618. The van der Waals surface area contributed by atoms with Gasteiger partial charge in [-0.3, -0.25) is 0 Å². The topological polar surface area (TPSA) is 38.0 Å². The van der Waals surface area contributed by atoms with Crippen LogP contribution in [0.2, 0.25) is 0 Å². The Hall–Kier alpha value is -6.88. The first-order valence-corrected chi connectivity index (χ1v) is 15.9. The Morgan fingerprint density at radius 1 is 0.479 bits per heavy atom. The summed E-state index contributed by atoms with van der Waals surface area (Å²) in [5.74, 6) is 0. The van der Waals surface area contributed by atoms with Crippen molar-refractivity contribution in [3.63, 3.8) is 0 Å². The van der Waals surface area contributed by atoms with Gasteiger partial charge in [0.05, 0.1) is 46.0 Å². The first-order valence-electron chi connectivity index (χ1n) is 15.9. The maximum absolute atomic E-state index is 9.50. The highest BCUT2D eigenvalue weighted by Crippen LogP contribution is 2.41. The van der Waals surface area contributed by atoms with Crippen molar-refractivity contribution in [1.29, 1.82) is 5.26 Å². The van der Waals surface area contributed by atoms with Crippen LogP contribution in [0, 0.1) is 17.9 Å². The number of fused-ring (bicyclic) bond motifs is 6. The number of aromatic nitrogens is 2. The van der Waals surface area contributed by atoms with Crippen molar-refractivity contribution in [2.75, 3.05) is 0 Å². The standard InChI is InChI=1S/C44H26N4/c1-46-39-13-8-12-34(44(39)48-41-15-6-2-9-35(41)36-10-3-7-16-42(36)48)32-20-18-30(19-21-32)31-22-24-33(25-23-31)47-40-14-5-4-11-37(40)38-27-29(28-45)17-26-43(38)47/h2-27H. The Balaban J connectivity index is 1.12. The zero-order valence-electron chi connectivity index (χ0n) is 25.8. The minimum atomic E-state index is 0.618. The molecular weight excluding hydrogens is 585 g/mol. The van der Waals surface area contributed by atoms with E-state index in [0.29, 0.717) is 11.3 Å². The summed E-state index contributed by atoms with van der Waals surface area (Å²) in [5.41, 5.74) is 11.9. The lowest BCUT2D eigenvalue weighted by molar-refractivity contribution is 1.18. The van der Waals surface area contributed by atoms with E-state index in [1.54, 1.807) is 0 Å². The molecule has 0 bridgehead atoms. The van der Waals surface area contributed by atoms with E-state index >= 15 is 0 Å². The third-order valence-electron chi connectivity index (χ3n) is 9.40. The van der Waals surface area contributed by atoms with E-state index in [1.807, 2.05) is 36.4 Å². The Bertz CT molecular complexity index is 2730. The average molecular weight is 611 g/mol. The van der Waals surface area contributed by atoms with Gasteiger partial charge in [-0.25, -0.2) is 4.85 Å². The molecule has 0 unspecified atom stereocenters. The number of nitriles is 1. The Kier molecular flexibility index (Phi) is 6.22. The van der Waals surface area contributed by atoms with Gasteiger partial charge in [0.15, 0.2) is 0 Å². The van der Waals surface area contributed by atoms with Crippen LogP contribution in [0.1, 0.15) is 5.56 Å². The summed E-state index contributed by atoms with van der Waals surface area (Å²) in [7, 11) is 0. The second kappa shape index (κ2) is 10.9. The smallest absolute Gasteiger partial charge is 0.211 e. The van der Waals surface area contributed by atoms with Crippen molar-refractivity contribution in [2.24, 2.45) is 0 Å². The van der Waals surface area contributed by atoms with E-state index in [9.17, 15) is 5.26 Å². The summed E-state index contributed by atoms with van der Waals surface area (Å²) >= 11 is 0. The van der Waals surface area contributed by atoms with E-state index in [4.69, 9.17) is 6.57 Å². The van der Waals surface area contributed by atoms with Crippen LogP contribution in [0.4, 0.5) is 5.69 Å². The minimum Gasteiger partial charge on any atom is -0.318 e. The number of benzene rings is 7. The van der Waals surface area contributed by atoms with Crippen molar-refractivity contribution in [2.45, 2.75) is 0 Å². The lowest BCUT2D eigenvalue weighted by Gasteiger charge is -2.16. The van der Waals surface area contributed by atoms with Crippen molar-refractivity contribution in [1.82, 2.24) is 9.13 Å².